The minimum absolute atomic E-state index is 0.186. The smallest absolute Gasteiger partial charge is 0.321 e. The summed E-state index contributed by atoms with van der Waals surface area (Å²) in [5, 5.41) is 1.93. The van der Waals surface area contributed by atoms with E-state index in [1.54, 1.807) is 0 Å². The fourth-order valence-corrected chi connectivity index (χ4v) is 4.79. The second kappa shape index (κ2) is 8.52. The summed E-state index contributed by atoms with van der Waals surface area (Å²) in [6, 6.07) is 5.06. The molecule has 1 fully saturated rings. The van der Waals surface area contributed by atoms with E-state index in [1.807, 2.05) is 0 Å². The first-order chi connectivity index (χ1) is 14.0. The van der Waals surface area contributed by atoms with E-state index in [4.69, 9.17) is 11.6 Å². The van der Waals surface area contributed by atoms with Gasteiger partial charge in [-0.3, -0.25) is 4.79 Å². The molecule has 11 heteroatoms. The van der Waals surface area contributed by atoms with E-state index in [-0.39, 0.29) is 15.6 Å². The van der Waals surface area contributed by atoms with E-state index < -0.39 is 39.1 Å². The van der Waals surface area contributed by atoms with E-state index in [0.29, 0.717) is 32.0 Å². The van der Waals surface area contributed by atoms with Crippen LogP contribution in [-0.4, -0.2) is 31.7 Å². The molecule has 3 rings (SSSR count). The number of sulfonamides is 1. The quantitative estimate of drug-likeness (QED) is 0.653. The summed E-state index contributed by atoms with van der Waals surface area (Å²) in [6.45, 7) is 0.641. The number of nitrogens with one attached hydrogen (secondary N) is 1. The van der Waals surface area contributed by atoms with Crippen molar-refractivity contribution in [1.82, 2.24) is 4.31 Å². The third kappa shape index (κ3) is 4.76. The molecule has 0 atom stereocenters. The molecule has 1 amide bonds. The Hall–Kier alpha value is -2.17. The average Bonchev–Trinajstić information content (AvgIpc) is 2.69. The van der Waals surface area contributed by atoms with Crippen LogP contribution in [0.5, 0.6) is 0 Å². The first kappa shape index (κ1) is 22.5. The summed E-state index contributed by atoms with van der Waals surface area (Å²) in [7, 11) is -3.93. The number of piperidine rings is 1. The Morgan fingerprint density at radius 2 is 1.70 bits per heavy atom. The van der Waals surface area contributed by atoms with Crippen LogP contribution in [0.1, 0.15) is 35.2 Å². The number of amides is 1. The van der Waals surface area contributed by atoms with Crippen LogP contribution in [0.25, 0.3) is 0 Å². The molecule has 0 aromatic heterocycles. The number of halogens is 5. The number of nitrogens with zero attached hydrogens (tertiary/aromatic N) is 1. The number of alkyl halides is 3. The molecule has 0 unspecified atom stereocenters. The van der Waals surface area contributed by atoms with Gasteiger partial charge >= 0.3 is 6.18 Å². The molecule has 0 bridgehead atoms. The van der Waals surface area contributed by atoms with Crippen molar-refractivity contribution in [2.24, 2.45) is 0 Å². The summed E-state index contributed by atoms with van der Waals surface area (Å²) in [5.74, 6) is -2.14. The van der Waals surface area contributed by atoms with Gasteiger partial charge in [-0.25, -0.2) is 12.8 Å². The molecule has 1 N–H and O–H groups in total. The third-order valence-electron chi connectivity index (χ3n) is 4.68. The van der Waals surface area contributed by atoms with Gasteiger partial charge in [-0.05, 0) is 49.2 Å². The van der Waals surface area contributed by atoms with Gasteiger partial charge in [0.25, 0.3) is 5.91 Å². The zero-order valence-electron chi connectivity index (χ0n) is 15.5. The summed E-state index contributed by atoms with van der Waals surface area (Å²) in [6.07, 6.45) is -2.37. The number of benzene rings is 2. The van der Waals surface area contributed by atoms with E-state index in [0.717, 1.165) is 36.8 Å². The lowest BCUT2D eigenvalue weighted by molar-refractivity contribution is -0.137. The Balaban J connectivity index is 1.91. The molecule has 162 valence electrons. The summed E-state index contributed by atoms with van der Waals surface area (Å²) in [4.78, 5) is 12.2. The van der Waals surface area contributed by atoms with E-state index >= 15 is 0 Å². The summed E-state index contributed by atoms with van der Waals surface area (Å²) in [5.41, 5.74) is -2.05. The van der Waals surface area contributed by atoms with Crippen molar-refractivity contribution in [3.8, 4) is 0 Å². The SMILES string of the molecule is O=C(Nc1cc(C(F)(F)F)ccc1Cl)c1cc(S(=O)(=O)N2CCCCC2)ccc1F. The van der Waals surface area contributed by atoms with Crippen molar-refractivity contribution in [3.05, 3.63) is 58.4 Å². The van der Waals surface area contributed by atoms with Crippen molar-refractivity contribution in [2.75, 3.05) is 18.4 Å². The van der Waals surface area contributed by atoms with Gasteiger partial charge in [0.1, 0.15) is 5.82 Å². The van der Waals surface area contributed by atoms with Gasteiger partial charge in [0.05, 0.1) is 26.7 Å². The number of hydrogen-bond acceptors (Lipinski definition) is 3. The molecule has 1 saturated heterocycles. The van der Waals surface area contributed by atoms with Crippen molar-refractivity contribution >= 4 is 33.2 Å². The Labute approximate surface area is 175 Å². The molecular formula is C19H17ClF4N2O3S. The van der Waals surface area contributed by atoms with Gasteiger partial charge in [0.2, 0.25) is 10.0 Å². The van der Waals surface area contributed by atoms with Crippen LogP contribution in [0.4, 0.5) is 23.2 Å². The fraction of sp³-hybridized carbons (Fsp3) is 0.316. The van der Waals surface area contributed by atoms with Crippen molar-refractivity contribution in [2.45, 2.75) is 30.3 Å². The number of carbonyl (C=O) groups is 1. The van der Waals surface area contributed by atoms with Gasteiger partial charge in [0, 0.05) is 13.1 Å². The highest BCUT2D eigenvalue weighted by Crippen LogP contribution is 2.34. The van der Waals surface area contributed by atoms with Crippen molar-refractivity contribution in [3.63, 3.8) is 0 Å². The third-order valence-corrected chi connectivity index (χ3v) is 6.90. The van der Waals surface area contributed by atoms with Gasteiger partial charge in [-0.15, -0.1) is 0 Å². The highest BCUT2D eigenvalue weighted by Gasteiger charge is 2.31. The molecule has 0 saturated carbocycles. The maximum Gasteiger partial charge on any atom is 0.416 e. The molecule has 0 spiro atoms. The molecular weight excluding hydrogens is 448 g/mol. The molecule has 1 aliphatic heterocycles. The minimum Gasteiger partial charge on any atom is -0.321 e. The summed E-state index contributed by atoms with van der Waals surface area (Å²) < 4.78 is 79.7. The lowest BCUT2D eigenvalue weighted by atomic mass is 10.1. The summed E-state index contributed by atoms with van der Waals surface area (Å²) >= 11 is 5.84. The van der Waals surface area contributed by atoms with Crippen LogP contribution < -0.4 is 5.32 Å². The molecule has 30 heavy (non-hydrogen) atoms. The topological polar surface area (TPSA) is 66.5 Å². The van der Waals surface area contributed by atoms with Crippen LogP contribution in [0.15, 0.2) is 41.3 Å². The van der Waals surface area contributed by atoms with Crippen LogP contribution in [0, 0.1) is 5.82 Å². The first-order valence-electron chi connectivity index (χ1n) is 8.98. The zero-order chi connectivity index (χ0) is 22.1. The Kier molecular flexibility index (Phi) is 6.40. The molecule has 0 aliphatic carbocycles. The fourth-order valence-electron chi connectivity index (χ4n) is 3.08. The predicted octanol–water partition coefficient (Wildman–Crippen LogP) is 4.92. The van der Waals surface area contributed by atoms with Crippen LogP contribution in [0.2, 0.25) is 5.02 Å². The van der Waals surface area contributed by atoms with Crippen LogP contribution >= 0.6 is 11.6 Å². The number of rotatable bonds is 4. The largest absolute Gasteiger partial charge is 0.416 e. The monoisotopic (exact) mass is 464 g/mol. The number of carbonyl (C=O) groups excluding carboxylic acids is 1. The maximum atomic E-state index is 14.2. The van der Waals surface area contributed by atoms with Crippen molar-refractivity contribution in [1.29, 1.82) is 0 Å². The van der Waals surface area contributed by atoms with Gasteiger partial charge in [0.15, 0.2) is 0 Å². The highest BCUT2D eigenvalue weighted by molar-refractivity contribution is 7.89. The second-order valence-corrected chi connectivity index (χ2v) is 9.10. The first-order valence-corrected chi connectivity index (χ1v) is 10.8. The standard InChI is InChI=1S/C19H17ClF4N2O3S/c20-15-6-4-12(19(22,23)24)10-17(15)25-18(27)14-11-13(5-7-16(14)21)30(28,29)26-8-2-1-3-9-26/h4-7,10-11H,1-3,8-9H2,(H,25,27). The highest BCUT2D eigenvalue weighted by atomic mass is 35.5. The molecule has 0 radical (unpaired) electrons. The normalized spacial score (nSPS) is 15.8. The Morgan fingerprint density at radius 3 is 2.33 bits per heavy atom. The Morgan fingerprint density at radius 1 is 1.03 bits per heavy atom. The zero-order valence-corrected chi connectivity index (χ0v) is 17.0. The lowest BCUT2D eigenvalue weighted by Crippen LogP contribution is -2.35. The van der Waals surface area contributed by atoms with Crippen LogP contribution in [0.3, 0.4) is 0 Å². The second-order valence-electron chi connectivity index (χ2n) is 6.75. The predicted molar refractivity (Wildman–Crippen MR) is 103 cm³/mol. The van der Waals surface area contributed by atoms with Crippen LogP contribution in [-0.2, 0) is 16.2 Å². The molecule has 1 aliphatic rings. The lowest BCUT2D eigenvalue weighted by Gasteiger charge is -2.26. The molecule has 1 heterocycles. The van der Waals surface area contributed by atoms with Gasteiger partial charge < -0.3 is 5.32 Å². The average molecular weight is 465 g/mol. The van der Waals surface area contributed by atoms with E-state index in [1.165, 1.54) is 4.31 Å². The van der Waals surface area contributed by atoms with Gasteiger partial charge in [-0.2, -0.15) is 17.5 Å². The maximum absolute atomic E-state index is 14.2. The van der Waals surface area contributed by atoms with Gasteiger partial charge in [-0.1, -0.05) is 18.0 Å². The number of hydrogen-bond donors (Lipinski definition) is 1. The molecule has 2 aromatic rings. The Bertz CT molecular complexity index is 1070. The molecule has 2 aromatic carbocycles. The molecule has 5 nitrogen and oxygen atoms in total. The number of anilines is 1. The van der Waals surface area contributed by atoms with Crippen molar-refractivity contribution < 1.29 is 30.8 Å². The van der Waals surface area contributed by atoms with E-state index in [2.05, 4.69) is 5.32 Å². The minimum atomic E-state index is -4.67. The van der Waals surface area contributed by atoms with E-state index in [9.17, 15) is 30.8 Å².